The van der Waals surface area contributed by atoms with E-state index in [9.17, 15) is 8.78 Å². The Balaban J connectivity index is 2.10. The fourth-order valence-electron chi connectivity index (χ4n) is 2.38. The van der Waals surface area contributed by atoms with E-state index in [0.29, 0.717) is 17.2 Å². The van der Waals surface area contributed by atoms with Crippen molar-refractivity contribution in [1.82, 2.24) is 5.43 Å². The normalized spacial score (nSPS) is 14.3. The molecule has 0 atom stereocenters. The fraction of sp³-hybridized carbons (Fsp3) is 0.167. The lowest BCUT2D eigenvalue weighted by Gasteiger charge is -2.10. The van der Waals surface area contributed by atoms with Crippen LogP contribution in [0.5, 0.6) is 0 Å². The number of amidine groups is 1. The quantitative estimate of drug-likeness (QED) is 0.501. The molecule has 0 unspecified atom stereocenters. The number of hydrogen-bond acceptors (Lipinski definition) is 4. The molecule has 1 aliphatic rings. The van der Waals surface area contributed by atoms with Gasteiger partial charge in [0.1, 0.15) is 17.5 Å². The van der Waals surface area contributed by atoms with E-state index in [1.165, 1.54) is 12.1 Å². The summed E-state index contributed by atoms with van der Waals surface area (Å²) in [6, 6.07) is 10.6. The van der Waals surface area contributed by atoms with Crippen LogP contribution >= 0.6 is 11.6 Å². The molecule has 0 spiro atoms. The SMILES string of the molecule is CC(CCl)=NNC1=Nc2cccc(F)c2C(c2ccccc2F)=NC1. The number of nitrogens with zero attached hydrogens (tertiary/aromatic N) is 3. The van der Waals surface area contributed by atoms with E-state index < -0.39 is 11.6 Å². The lowest BCUT2D eigenvalue weighted by atomic mass is 9.99. The van der Waals surface area contributed by atoms with Crippen LogP contribution in [0.25, 0.3) is 0 Å². The third kappa shape index (κ3) is 3.74. The number of rotatable bonds is 3. The van der Waals surface area contributed by atoms with Gasteiger partial charge in [0.25, 0.3) is 0 Å². The summed E-state index contributed by atoms with van der Waals surface area (Å²) in [5.74, 6) is -0.287. The first-order chi connectivity index (χ1) is 12.1. The van der Waals surface area contributed by atoms with Gasteiger partial charge in [0.2, 0.25) is 0 Å². The average molecular weight is 361 g/mol. The minimum Gasteiger partial charge on any atom is -0.276 e. The largest absolute Gasteiger partial charge is 0.276 e. The van der Waals surface area contributed by atoms with E-state index >= 15 is 0 Å². The predicted molar refractivity (Wildman–Crippen MR) is 97.4 cm³/mol. The van der Waals surface area contributed by atoms with Crippen LogP contribution in [0.1, 0.15) is 18.1 Å². The van der Waals surface area contributed by atoms with E-state index in [2.05, 4.69) is 20.5 Å². The molecule has 25 heavy (non-hydrogen) atoms. The third-order valence-electron chi connectivity index (χ3n) is 3.57. The summed E-state index contributed by atoms with van der Waals surface area (Å²) in [5, 5.41) is 4.09. The maximum atomic E-state index is 14.5. The number of halogens is 3. The standard InChI is InChI=1S/C18H15ClF2N4/c1-11(9-19)24-25-16-10-22-18(12-5-2-3-6-13(12)20)17-14(21)7-4-8-15(17)23-16/h2-8H,9-10H2,1H3,(H,23,25). The Morgan fingerprint density at radius 3 is 2.68 bits per heavy atom. The van der Waals surface area contributed by atoms with Crippen LogP contribution in [-0.2, 0) is 0 Å². The van der Waals surface area contributed by atoms with Crippen molar-refractivity contribution in [2.45, 2.75) is 6.92 Å². The molecule has 1 aliphatic heterocycles. The Morgan fingerprint density at radius 2 is 1.92 bits per heavy atom. The molecule has 0 saturated heterocycles. The molecule has 2 aromatic carbocycles. The molecule has 0 aromatic heterocycles. The molecule has 1 N–H and O–H groups in total. The van der Waals surface area contributed by atoms with E-state index in [-0.39, 0.29) is 29.3 Å². The third-order valence-corrected chi connectivity index (χ3v) is 3.96. The number of hydrogen-bond donors (Lipinski definition) is 1. The zero-order chi connectivity index (χ0) is 17.8. The van der Waals surface area contributed by atoms with Crippen LogP contribution in [0.3, 0.4) is 0 Å². The summed E-state index contributed by atoms with van der Waals surface area (Å²) in [7, 11) is 0. The minimum atomic E-state index is -0.509. The van der Waals surface area contributed by atoms with E-state index in [0.717, 1.165) is 0 Å². The van der Waals surface area contributed by atoms with Crippen LogP contribution in [-0.4, -0.2) is 29.7 Å². The molecule has 0 bridgehead atoms. The number of alkyl halides is 1. The first kappa shape index (κ1) is 17.2. The highest BCUT2D eigenvalue weighted by Crippen LogP contribution is 2.28. The van der Waals surface area contributed by atoms with Gasteiger partial charge < -0.3 is 0 Å². The van der Waals surface area contributed by atoms with Crippen LogP contribution < -0.4 is 5.43 Å². The lowest BCUT2D eigenvalue weighted by molar-refractivity contribution is 0.620. The van der Waals surface area contributed by atoms with Crippen molar-refractivity contribution in [3.8, 4) is 0 Å². The molecule has 3 rings (SSSR count). The van der Waals surface area contributed by atoms with E-state index in [4.69, 9.17) is 11.6 Å². The Labute approximate surface area is 149 Å². The van der Waals surface area contributed by atoms with E-state index in [1.807, 2.05) is 0 Å². The monoisotopic (exact) mass is 360 g/mol. The zero-order valence-corrected chi connectivity index (χ0v) is 14.2. The summed E-state index contributed by atoms with van der Waals surface area (Å²) < 4.78 is 28.7. The number of fused-ring (bicyclic) bond motifs is 1. The Hall–Kier alpha value is -2.60. The van der Waals surface area contributed by atoms with Crippen LogP contribution in [0, 0.1) is 11.6 Å². The van der Waals surface area contributed by atoms with Gasteiger partial charge in [0.15, 0.2) is 0 Å². The fourth-order valence-corrected chi connectivity index (χ4v) is 2.44. The van der Waals surface area contributed by atoms with Gasteiger partial charge in [-0.3, -0.25) is 10.4 Å². The molecule has 0 radical (unpaired) electrons. The van der Waals surface area contributed by atoms with Crippen molar-refractivity contribution >= 4 is 34.5 Å². The van der Waals surface area contributed by atoms with Crippen molar-refractivity contribution < 1.29 is 8.78 Å². The summed E-state index contributed by atoms with van der Waals surface area (Å²) in [5.41, 5.74) is 4.45. The average Bonchev–Trinajstić information content (AvgIpc) is 2.80. The molecular weight excluding hydrogens is 346 g/mol. The van der Waals surface area contributed by atoms with Crippen molar-refractivity contribution in [2.75, 3.05) is 12.4 Å². The van der Waals surface area contributed by atoms with Gasteiger partial charge in [-0.2, -0.15) is 5.10 Å². The summed E-state index contributed by atoms with van der Waals surface area (Å²) >= 11 is 5.69. The zero-order valence-electron chi connectivity index (χ0n) is 13.4. The number of aliphatic imine (C=N–C) groups is 2. The molecule has 1 heterocycles. The van der Waals surface area contributed by atoms with Crippen molar-refractivity contribution in [1.29, 1.82) is 0 Å². The molecule has 2 aromatic rings. The second-order valence-electron chi connectivity index (χ2n) is 5.43. The summed E-state index contributed by atoms with van der Waals surface area (Å²) in [4.78, 5) is 8.77. The van der Waals surface area contributed by atoms with Crippen LogP contribution in [0.4, 0.5) is 14.5 Å². The molecule has 0 fully saturated rings. The minimum absolute atomic E-state index is 0.108. The second kappa shape index (κ2) is 7.53. The van der Waals surface area contributed by atoms with Gasteiger partial charge in [-0.25, -0.2) is 13.8 Å². The van der Waals surface area contributed by atoms with Gasteiger partial charge in [0, 0.05) is 11.3 Å². The molecule has 0 saturated carbocycles. The molecule has 4 nitrogen and oxygen atoms in total. The smallest absolute Gasteiger partial charge is 0.144 e. The van der Waals surface area contributed by atoms with Gasteiger partial charge in [-0.05, 0) is 31.2 Å². The maximum absolute atomic E-state index is 14.5. The highest BCUT2D eigenvalue weighted by molar-refractivity contribution is 6.28. The molecule has 7 heteroatoms. The van der Waals surface area contributed by atoms with Crippen LogP contribution in [0.2, 0.25) is 0 Å². The van der Waals surface area contributed by atoms with Gasteiger partial charge >= 0.3 is 0 Å². The van der Waals surface area contributed by atoms with Gasteiger partial charge in [-0.15, -0.1) is 11.6 Å². The topological polar surface area (TPSA) is 49.1 Å². The van der Waals surface area contributed by atoms with Crippen molar-refractivity contribution in [3.63, 3.8) is 0 Å². The molecular formula is C18H15ClF2N4. The predicted octanol–water partition coefficient (Wildman–Crippen LogP) is 4.05. The Bertz CT molecular complexity index is 890. The number of hydrazone groups is 1. The second-order valence-corrected chi connectivity index (χ2v) is 5.70. The van der Waals surface area contributed by atoms with E-state index in [1.54, 1.807) is 37.3 Å². The first-order valence-corrected chi connectivity index (χ1v) is 8.14. The Morgan fingerprint density at radius 1 is 1.16 bits per heavy atom. The first-order valence-electron chi connectivity index (χ1n) is 7.61. The lowest BCUT2D eigenvalue weighted by Crippen LogP contribution is -2.22. The van der Waals surface area contributed by atoms with Crippen LogP contribution in [0.15, 0.2) is 57.6 Å². The number of benzene rings is 2. The molecule has 0 aliphatic carbocycles. The highest BCUT2D eigenvalue weighted by atomic mass is 35.5. The summed E-state index contributed by atoms with van der Waals surface area (Å²) in [6.45, 7) is 1.87. The van der Waals surface area contributed by atoms with Gasteiger partial charge in [0.05, 0.1) is 29.4 Å². The highest BCUT2D eigenvalue weighted by Gasteiger charge is 2.21. The van der Waals surface area contributed by atoms with Crippen molar-refractivity contribution in [3.05, 3.63) is 65.2 Å². The number of nitrogens with one attached hydrogen (secondary N) is 1. The summed E-state index contributed by atoms with van der Waals surface area (Å²) in [6.07, 6.45) is 0. The maximum Gasteiger partial charge on any atom is 0.144 e. The van der Waals surface area contributed by atoms with Crippen molar-refractivity contribution in [2.24, 2.45) is 15.1 Å². The molecule has 0 amide bonds. The van der Waals surface area contributed by atoms with Gasteiger partial charge in [-0.1, -0.05) is 18.2 Å². The molecule has 128 valence electrons. The Kier molecular flexibility index (Phi) is 5.19.